The highest BCUT2D eigenvalue weighted by atomic mass is 16.5. The summed E-state index contributed by atoms with van der Waals surface area (Å²) in [4.78, 5) is 25.9. The first kappa shape index (κ1) is 23.4. The number of rotatable bonds is 7. The van der Waals surface area contributed by atoms with E-state index in [1.807, 2.05) is 36.4 Å². The summed E-state index contributed by atoms with van der Waals surface area (Å²) in [6, 6.07) is 11.7. The van der Waals surface area contributed by atoms with Crippen molar-refractivity contribution in [3.63, 3.8) is 0 Å². The van der Waals surface area contributed by atoms with Gasteiger partial charge in [0.1, 0.15) is 11.5 Å². The monoisotopic (exact) mass is 488 g/mol. The molecule has 190 valence electrons. The summed E-state index contributed by atoms with van der Waals surface area (Å²) in [5, 5.41) is 6.24. The van der Waals surface area contributed by atoms with Gasteiger partial charge in [-0.25, -0.2) is 0 Å². The van der Waals surface area contributed by atoms with Crippen LogP contribution in [0.3, 0.4) is 0 Å². The molecule has 0 heterocycles. The van der Waals surface area contributed by atoms with Gasteiger partial charge in [0, 0.05) is 11.8 Å². The van der Waals surface area contributed by atoms with Gasteiger partial charge in [-0.05, 0) is 97.6 Å². The van der Waals surface area contributed by atoms with Crippen LogP contribution in [-0.2, 0) is 9.59 Å². The predicted octanol–water partition coefficient (Wildman–Crippen LogP) is 6.12. The fourth-order valence-corrected chi connectivity index (χ4v) is 7.53. The number of anilines is 2. The van der Waals surface area contributed by atoms with Gasteiger partial charge in [-0.3, -0.25) is 9.59 Å². The highest BCUT2D eigenvalue weighted by Crippen LogP contribution is 2.50. The second kappa shape index (κ2) is 9.45. The number of nitrogens with one attached hydrogen (secondary N) is 2. The standard InChI is InChI=1S/C30H36N2O4/c1-35-27-15-19(7-9-25(27)31-29(33)23-13-17-3-5-21(23)11-17)20-8-10-26(28(16-20)36-2)32-30(34)24-14-18-4-6-22(24)12-18/h7-10,15-18,21-24H,3-6,11-14H2,1-2H3,(H,31,33)(H,32,34)/t17-,18+,21-,22-,23-,24-/m1/s1. The highest BCUT2D eigenvalue weighted by molar-refractivity contribution is 5.96. The van der Waals surface area contributed by atoms with Crippen LogP contribution in [0.4, 0.5) is 11.4 Å². The van der Waals surface area contributed by atoms with Crippen LogP contribution in [0.1, 0.15) is 51.4 Å². The summed E-state index contributed by atoms with van der Waals surface area (Å²) in [7, 11) is 3.25. The van der Waals surface area contributed by atoms with E-state index in [0.29, 0.717) is 34.7 Å². The van der Waals surface area contributed by atoms with Gasteiger partial charge >= 0.3 is 0 Å². The quantitative estimate of drug-likeness (QED) is 0.492. The molecule has 4 fully saturated rings. The molecule has 2 N–H and O–H groups in total. The first-order valence-corrected chi connectivity index (χ1v) is 13.5. The van der Waals surface area contributed by atoms with E-state index < -0.39 is 0 Å². The van der Waals surface area contributed by atoms with Gasteiger partial charge in [-0.1, -0.05) is 25.0 Å². The molecule has 36 heavy (non-hydrogen) atoms. The summed E-state index contributed by atoms with van der Waals surface area (Å²) in [6.45, 7) is 0. The van der Waals surface area contributed by atoms with E-state index in [1.54, 1.807) is 14.2 Å². The molecule has 6 rings (SSSR count). The Morgan fingerprint density at radius 2 is 1.11 bits per heavy atom. The largest absolute Gasteiger partial charge is 0.495 e. The average molecular weight is 489 g/mol. The van der Waals surface area contributed by atoms with Gasteiger partial charge in [0.05, 0.1) is 25.6 Å². The van der Waals surface area contributed by atoms with Crippen LogP contribution in [0.25, 0.3) is 11.1 Å². The second-order valence-electron chi connectivity index (χ2n) is 11.4. The molecule has 6 heteroatoms. The number of hydrogen-bond donors (Lipinski definition) is 2. The number of carbonyl (C=O) groups is 2. The SMILES string of the molecule is COc1cc(-c2ccc(NC(=O)[C@@H]3C[C@H]4CC[C@@H]3C4)c(OC)c2)ccc1NC(=O)[C@@H]1C[C@@H]2CC[C@@H]1C2. The molecule has 4 aliphatic carbocycles. The second-order valence-corrected chi connectivity index (χ2v) is 11.4. The van der Waals surface area contributed by atoms with Crippen LogP contribution in [0, 0.1) is 35.5 Å². The molecular weight excluding hydrogens is 452 g/mol. The molecule has 6 nitrogen and oxygen atoms in total. The van der Waals surface area contributed by atoms with Gasteiger partial charge in [0.15, 0.2) is 0 Å². The van der Waals surface area contributed by atoms with Crippen molar-refractivity contribution in [2.24, 2.45) is 35.5 Å². The Balaban J connectivity index is 1.17. The number of hydrogen-bond acceptors (Lipinski definition) is 4. The Morgan fingerprint density at radius 3 is 1.44 bits per heavy atom. The lowest BCUT2D eigenvalue weighted by Crippen LogP contribution is -2.27. The predicted molar refractivity (Wildman–Crippen MR) is 140 cm³/mol. The van der Waals surface area contributed by atoms with Gasteiger partial charge < -0.3 is 20.1 Å². The van der Waals surface area contributed by atoms with Crippen LogP contribution in [0.5, 0.6) is 11.5 Å². The van der Waals surface area contributed by atoms with Crippen LogP contribution in [0.15, 0.2) is 36.4 Å². The maximum Gasteiger partial charge on any atom is 0.227 e. The lowest BCUT2D eigenvalue weighted by molar-refractivity contribution is -0.122. The Kier molecular flexibility index (Phi) is 6.14. The lowest BCUT2D eigenvalue weighted by Gasteiger charge is -2.22. The summed E-state index contributed by atoms with van der Waals surface area (Å²) in [5.74, 6) is 4.28. The van der Waals surface area contributed by atoms with Crippen LogP contribution >= 0.6 is 0 Å². The van der Waals surface area contributed by atoms with E-state index in [4.69, 9.17) is 9.47 Å². The zero-order valence-electron chi connectivity index (χ0n) is 21.2. The minimum absolute atomic E-state index is 0.116. The van der Waals surface area contributed by atoms with Gasteiger partial charge in [-0.2, -0.15) is 0 Å². The molecule has 0 aromatic heterocycles. The maximum absolute atomic E-state index is 13.0. The molecular formula is C30H36N2O4. The average Bonchev–Trinajstić information content (AvgIpc) is 3.71. The lowest BCUT2D eigenvalue weighted by atomic mass is 9.88. The zero-order chi connectivity index (χ0) is 24.8. The smallest absolute Gasteiger partial charge is 0.227 e. The van der Waals surface area contributed by atoms with Crippen molar-refractivity contribution in [2.45, 2.75) is 51.4 Å². The molecule has 0 spiro atoms. The highest BCUT2D eigenvalue weighted by Gasteiger charge is 2.44. The van der Waals surface area contributed by atoms with Crippen molar-refractivity contribution in [2.75, 3.05) is 24.9 Å². The number of fused-ring (bicyclic) bond motifs is 4. The number of carbonyl (C=O) groups excluding carboxylic acids is 2. The molecule has 2 amide bonds. The number of ether oxygens (including phenoxy) is 2. The molecule has 0 radical (unpaired) electrons. The summed E-state index contributed by atoms with van der Waals surface area (Å²) >= 11 is 0. The Morgan fingerprint density at radius 1 is 0.667 bits per heavy atom. The van der Waals surface area contributed by atoms with Crippen molar-refractivity contribution in [1.29, 1.82) is 0 Å². The zero-order valence-corrected chi connectivity index (χ0v) is 21.2. The molecule has 4 saturated carbocycles. The summed E-state index contributed by atoms with van der Waals surface area (Å²) in [5.41, 5.74) is 3.31. The summed E-state index contributed by atoms with van der Waals surface area (Å²) in [6.07, 6.45) is 9.35. The molecule has 6 atom stereocenters. The summed E-state index contributed by atoms with van der Waals surface area (Å²) < 4.78 is 11.3. The van der Waals surface area contributed by atoms with Crippen LogP contribution in [0.2, 0.25) is 0 Å². The van der Waals surface area contributed by atoms with E-state index in [0.717, 1.165) is 35.8 Å². The van der Waals surface area contributed by atoms with E-state index >= 15 is 0 Å². The van der Waals surface area contributed by atoms with Crippen molar-refractivity contribution in [3.05, 3.63) is 36.4 Å². The first-order valence-electron chi connectivity index (χ1n) is 13.5. The molecule has 2 aromatic carbocycles. The van der Waals surface area contributed by atoms with Crippen molar-refractivity contribution >= 4 is 23.2 Å². The van der Waals surface area contributed by atoms with E-state index in [1.165, 1.54) is 38.5 Å². The van der Waals surface area contributed by atoms with E-state index in [9.17, 15) is 9.59 Å². The van der Waals surface area contributed by atoms with Crippen LogP contribution < -0.4 is 20.1 Å². The Bertz CT molecular complexity index is 1090. The van der Waals surface area contributed by atoms with Gasteiger partial charge in [-0.15, -0.1) is 0 Å². The fourth-order valence-electron chi connectivity index (χ4n) is 7.53. The van der Waals surface area contributed by atoms with Gasteiger partial charge in [0.2, 0.25) is 11.8 Å². The van der Waals surface area contributed by atoms with Crippen molar-refractivity contribution in [1.82, 2.24) is 0 Å². The third-order valence-electron chi connectivity index (χ3n) is 9.40. The molecule has 4 aliphatic rings. The minimum Gasteiger partial charge on any atom is -0.495 e. The molecule has 2 aromatic rings. The fraction of sp³-hybridized carbons (Fsp3) is 0.533. The topological polar surface area (TPSA) is 76.7 Å². The Labute approximate surface area is 213 Å². The molecule has 0 unspecified atom stereocenters. The molecule has 0 aliphatic heterocycles. The van der Waals surface area contributed by atoms with Crippen molar-refractivity contribution < 1.29 is 19.1 Å². The normalized spacial score (nSPS) is 29.8. The number of methoxy groups -OCH3 is 2. The van der Waals surface area contributed by atoms with E-state index in [2.05, 4.69) is 10.6 Å². The maximum atomic E-state index is 13.0. The first-order chi connectivity index (χ1) is 17.5. The molecule has 4 bridgehead atoms. The van der Waals surface area contributed by atoms with Crippen LogP contribution in [-0.4, -0.2) is 26.0 Å². The molecule has 0 saturated heterocycles. The van der Waals surface area contributed by atoms with E-state index in [-0.39, 0.29) is 23.7 Å². The number of benzene rings is 2. The Hall–Kier alpha value is -3.02. The number of amides is 2. The third kappa shape index (κ3) is 4.25. The third-order valence-corrected chi connectivity index (χ3v) is 9.40. The van der Waals surface area contributed by atoms with Gasteiger partial charge in [0.25, 0.3) is 0 Å². The minimum atomic E-state index is 0.116. The van der Waals surface area contributed by atoms with Crippen molar-refractivity contribution in [3.8, 4) is 22.6 Å².